The summed E-state index contributed by atoms with van der Waals surface area (Å²) < 4.78 is 0. The summed E-state index contributed by atoms with van der Waals surface area (Å²) >= 11 is 0. The van der Waals surface area contributed by atoms with E-state index in [1.807, 2.05) is 6.07 Å². The van der Waals surface area contributed by atoms with E-state index in [2.05, 4.69) is 54.6 Å². The van der Waals surface area contributed by atoms with E-state index in [4.69, 9.17) is 0 Å². The fraction of sp³-hybridized carbons (Fsp3) is 0.333. The molecule has 0 amide bonds. The van der Waals surface area contributed by atoms with Crippen molar-refractivity contribution >= 4 is 10.9 Å². The van der Waals surface area contributed by atoms with Crippen LogP contribution in [-0.2, 0) is 10.9 Å². The average Bonchev–Trinajstić information content (AvgIpc) is 2.51. The third kappa shape index (κ3) is 2.96. The Kier molecular flexibility index (Phi) is 4.10. The standard InChI is InChI=1S/C18H19S/c1-4-10-16(11-5-1)19(17-12-6-2-7-13-17)18-14-8-3-9-15-18/h1-2,4-6,10-12,18H,3,8-9,14-15H2/q+1. The molecule has 0 aromatic heterocycles. The van der Waals surface area contributed by atoms with Crippen molar-refractivity contribution in [1.29, 1.82) is 0 Å². The van der Waals surface area contributed by atoms with E-state index in [0.717, 1.165) is 5.25 Å². The first-order valence-corrected chi connectivity index (χ1v) is 8.40. The number of hydrogen-bond acceptors (Lipinski definition) is 0. The van der Waals surface area contributed by atoms with Crippen LogP contribution in [0.4, 0.5) is 0 Å². The maximum Gasteiger partial charge on any atom is 0.211 e. The molecule has 2 aromatic carbocycles. The van der Waals surface area contributed by atoms with E-state index in [9.17, 15) is 0 Å². The van der Waals surface area contributed by atoms with Gasteiger partial charge in [0, 0.05) is 6.07 Å². The molecule has 0 heterocycles. The van der Waals surface area contributed by atoms with Crippen molar-refractivity contribution in [3.05, 3.63) is 60.7 Å². The van der Waals surface area contributed by atoms with Crippen molar-refractivity contribution in [3.8, 4) is 0 Å². The summed E-state index contributed by atoms with van der Waals surface area (Å²) in [5.74, 6) is 0. The minimum Gasteiger partial charge on any atom is -0.0651 e. The summed E-state index contributed by atoms with van der Waals surface area (Å²) in [7, 11) is 0.176. The van der Waals surface area contributed by atoms with Crippen LogP contribution in [0.2, 0.25) is 0 Å². The van der Waals surface area contributed by atoms with Crippen LogP contribution in [0.3, 0.4) is 0 Å². The Morgan fingerprint density at radius 2 is 1.68 bits per heavy atom. The van der Waals surface area contributed by atoms with Crippen LogP contribution in [0.5, 0.6) is 0 Å². The quantitative estimate of drug-likeness (QED) is 0.710. The maximum atomic E-state index is 3.35. The lowest BCUT2D eigenvalue weighted by Crippen LogP contribution is -2.24. The summed E-state index contributed by atoms with van der Waals surface area (Å²) in [5.41, 5.74) is 0. The van der Waals surface area contributed by atoms with Crippen molar-refractivity contribution in [1.82, 2.24) is 0 Å². The highest BCUT2D eigenvalue weighted by atomic mass is 32.2. The fourth-order valence-corrected chi connectivity index (χ4v) is 5.48. The van der Waals surface area contributed by atoms with Gasteiger partial charge in [-0.2, -0.15) is 0 Å². The van der Waals surface area contributed by atoms with Gasteiger partial charge >= 0.3 is 0 Å². The Bertz CT molecular complexity index is 446. The molecule has 1 fully saturated rings. The van der Waals surface area contributed by atoms with Crippen molar-refractivity contribution in [3.63, 3.8) is 0 Å². The van der Waals surface area contributed by atoms with Crippen LogP contribution in [0.25, 0.3) is 0 Å². The number of benzene rings is 1. The third-order valence-electron chi connectivity index (χ3n) is 3.74. The second kappa shape index (κ2) is 6.17. The van der Waals surface area contributed by atoms with Crippen LogP contribution < -0.4 is 0 Å². The van der Waals surface area contributed by atoms with Gasteiger partial charge in [-0.3, -0.25) is 0 Å². The lowest BCUT2D eigenvalue weighted by Gasteiger charge is -2.21. The average molecular weight is 267 g/mol. The Hall–Kier alpha value is -1.39. The van der Waals surface area contributed by atoms with Gasteiger partial charge in [0.1, 0.15) is 5.25 Å². The molecule has 0 nitrogen and oxygen atoms in total. The molecule has 2 aromatic rings. The molecule has 0 radical (unpaired) electrons. The minimum atomic E-state index is 0.176. The summed E-state index contributed by atoms with van der Waals surface area (Å²) in [6.45, 7) is 0. The molecule has 1 aliphatic carbocycles. The molecule has 1 atom stereocenters. The zero-order valence-electron chi connectivity index (χ0n) is 11.1. The van der Waals surface area contributed by atoms with Gasteiger partial charge in [0.05, 0.1) is 10.9 Å². The second-order valence-electron chi connectivity index (χ2n) is 5.07. The van der Waals surface area contributed by atoms with Crippen molar-refractivity contribution in [2.45, 2.75) is 47.1 Å². The summed E-state index contributed by atoms with van der Waals surface area (Å²) in [4.78, 5) is 2.80. The molecular formula is C18H19S+. The normalized spacial score (nSPS) is 16.3. The SMILES string of the molecule is c1cccc([S+](c2ccccc2)C2CCCCC2)c#1. The van der Waals surface area contributed by atoms with E-state index in [1.165, 1.54) is 41.9 Å². The van der Waals surface area contributed by atoms with Crippen LogP contribution in [0.1, 0.15) is 32.1 Å². The van der Waals surface area contributed by atoms with Gasteiger partial charge in [-0.05, 0) is 56.0 Å². The highest BCUT2D eigenvalue weighted by Crippen LogP contribution is 2.34. The van der Waals surface area contributed by atoms with Crippen LogP contribution >= 0.6 is 0 Å². The summed E-state index contributed by atoms with van der Waals surface area (Å²) in [6, 6.07) is 23.7. The van der Waals surface area contributed by atoms with E-state index in [-0.39, 0.29) is 10.9 Å². The van der Waals surface area contributed by atoms with Gasteiger partial charge in [0.15, 0.2) is 4.90 Å². The van der Waals surface area contributed by atoms with Crippen molar-refractivity contribution in [2.24, 2.45) is 0 Å². The number of rotatable bonds is 3. The van der Waals surface area contributed by atoms with Crippen molar-refractivity contribution < 1.29 is 0 Å². The minimum absolute atomic E-state index is 0.176. The molecule has 0 aliphatic heterocycles. The Balaban J connectivity index is 1.96. The number of hydrogen-bond donors (Lipinski definition) is 0. The summed E-state index contributed by atoms with van der Waals surface area (Å²) in [5, 5.41) is 0.795. The molecular weight excluding hydrogens is 248 g/mol. The smallest absolute Gasteiger partial charge is 0.0651 e. The highest BCUT2D eigenvalue weighted by molar-refractivity contribution is 7.97. The molecule has 19 heavy (non-hydrogen) atoms. The molecule has 0 saturated heterocycles. The van der Waals surface area contributed by atoms with E-state index < -0.39 is 0 Å². The third-order valence-corrected chi connectivity index (χ3v) is 6.37. The first-order chi connectivity index (χ1) is 9.45. The highest BCUT2D eigenvalue weighted by Gasteiger charge is 2.36. The molecule has 1 unspecified atom stereocenters. The molecule has 0 spiro atoms. The zero-order valence-corrected chi connectivity index (χ0v) is 12.0. The monoisotopic (exact) mass is 267 g/mol. The topological polar surface area (TPSA) is 0 Å². The predicted octanol–water partition coefficient (Wildman–Crippen LogP) is 4.66. The maximum absolute atomic E-state index is 3.35. The first-order valence-electron chi connectivity index (χ1n) is 7.12. The van der Waals surface area contributed by atoms with Gasteiger partial charge < -0.3 is 0 Å². The van der Waals surface area contributed by atoms with E-state index >= 15 is 0 Å². The summed E-state index contributed by atoms with van der Waals surface area (Å²) in [6.07, 6.45) is 6.91. The lowest BCUT2D eigenvalue weighted by atomic mass is 10.0. The molecule has 3 rings (SSSR count). The molecule has 96 valence electrons. The van der Waals surface area contributed by atoms with Gasteiger partial charge in [-0.25, -0.2) is 0 Å². The Morgan fingerprint density at radius 1 is 0.895 bits per heavy atom. The largest absolute Gasteiger partial charge is 0.211 e. The molecule has 1 aliphatic rings. The van der Waals surface area contributed by atoms with E-state index in [1.54, 1.807) is 0 Å². The van der Waals surface area contributed by atoms with Gasteiger partial charge in [-0.15, -0.1) is 0 Å². The lowest BCUT2D eigenvalue weighted by molar-refractivity contribution is 0.512. The van der Waals surface area contributed by atoms with Crippen molar-refractivity contribution in [2.75, 3.05) is 0 Å². The molecule has 0 N–H and O–H groups in total. The first kappa shape index (κ1) is 12.6. The Labute approximate surface area is 119 Å². The van der Waals surface area contributed by atoms with Gasteiger partial charge in [0.25, 0.3) is 0 Å². The van der Waals surface area contributed by atoms with Gasteiger partial charge in [-0.1, -0.05) is 30.7 Å². The Morgan fingerprint density at radius 3 is 2.37 bits per heavy atom. The zero-order chi connectivity index (χ0) is 12.9. The fourth-order valence-electron chi connectivity index (χ4n) is 2.83. The molecule has 1 saturated carbocycles. The molecule has 1 heteroatoms. The van der Waals surface area contributed by atoms with E-state index in [0.29, 0.717) is 0 Å². The van der Waals surface area contributed by atoms with Crippen LogP contribution in [0.15, 0.2) is 58.3 Å². The molecule has 0 bridgehead atoms. The second-order valence-corrected chi connectivity index (χ2v) is 7.32. The van der Waals surface area contributed by atoms with Crippen LogP contribution in [-0.4, -0.2) is 5.25 Å². The van der Waals surface area contributed by atoms with Gasteiger partial charge in [0.2, 0.25) is 4.90 Å². The van der Waals surface area contributed by atoms with Crippen LogP contribution in [0, 0.1) is 12.1 Å². The predicted molar refractivity (Wildman–Crippen MR) is 81.3 cm³/mol.